The van der Waals surface area contributed by atoms with Crippen LogP contribution in [-0.4, -0.2) is 28.9 Å². The van der Waals surface area contributed by atoms with Gasteiger partial charge in [-0.15, -0.1) is 0 Å². The summed E-state index contributed by atoms with van der Waals surface area (Å²) in [5.41, 5.74) is 1.40. The zero-order chi connectivity index (χ0) is 15.2. The SMILES string of the molecule is CCN(CCc1ccccc1)C(=O)c1nc(Cl)ccc1Cl. The first-order valence-corrected chi connectivity index (χ1v) is 7.52. The lowest BCUT2D eigenvalue weighted by molar-refractivity contribution is 0.0760. The third kappa shape index (κ3) is 4.19. The van der Waals surface area contributed by atoms with E-state index in [2.05, 4.69) is 4.98 Å². The molecule has 0 unspecified atom stereocenters. The Hall–Kier alpha value is -1.58. The molecule has 1 amide bonds. The van der Waals surface area contributed by atoms with Crippen LogP contribution in [0.2, 0.25) is 10.2 Å². The van der Waals surface area contributed by atoms with Crippen LogP contribution in [0.3, 0.4) is 0 Å². The summed E-state index contributed by atoms with van der Waals surface area (Å²) >= 11 is 11.9. The van der Waals surface area contributed by atoms with Crippen molar-refractivity contribution in [3.8, 4) is 0 Å². The maximum absolute atomic E-state index is 12.5. The quantitative estimate of drug-likeness (QED) is 0.777. The van der Waals surface area contributed by atoms with Gasteiger partial charge in [0.2, 0.25) is 0 Å². The molecule has 0 aliphatic heterocycles. The van der Waals surface area contributed by atoms with Crippen molar-refractivity contribution in [2.75, 3.05) is 13.1 Å². The fraction of sp³-hybridized carbons (Fsp3) is 0.250. The molecule has 0 spiro atoms. The van der Waals surface area contributed by atoms with Crippen LogP contribution in [0.1, 0.15) is 23.0 Å². The highest BCUT2D eigenvalue weighted by Gasteiger charge is 2.19. The van der Waals surface area contributed by atoms with Gasteiger partial charge in [0, 0.05) is 13.1 Å². The lowest BCUT2D eigenvalue weighted by atomic mass is 10.1. The van der Waals surface area contributed by atoms with Crippen LogP contribution in [0.25, 0.3) is 0 Å². The highest BCUT2D eigenvalue weighted by molar-refractivity contribution is 6.34. The van der Waals surface area contributed by atoms with E-state index in [1.807, 2.05) is 37.3 Å². The van der Waals surface area contributed by atoms with E-state index < -0.39 is 0 Å². The molecule has 1 aromatic carbocycles. The number of pyridine rings is 1. The second kappa shape index (κ2) is 7.43. The highest BCUT2D eigenvalue weighted by atomic mass is 35.5. The summed E-state index contributed by atoms with van der Waals surface area (Å²) < 4.78 is 0. The number of benzene rings is 1. The molecule has 0 aliphatic rings. The lowest BCUT2D eigenvalue weighted by Gasteiger charge is -2.21. The fourth-order valence-electron chi connectivity index (χ4n) is 2.03. The Morgan fingerprint density at radius 1 is 1.14 bits per heavy atom. The maximum Gasteiger partial charge on any atom is 0.274 e. The van der Waals surface area contributed by atoms with Crippen LogP contribution in [-0.2, 0) is 6.42 Å². The number of hydrogen-bond donors (Lipinski definition) is 0. The molecule has 0 radical (unpaired) electrons. The summed E-state index contributed by atoms with van der Waals surface area (Å²) in [5.74, 6) is -0.194. The first kappa shape index (κ1) is 15.8. The number of carbonyl (C=O) groups is 1. The largest absolute Gasteiger partial charge is 0.337 e. The van der Waals surface area contributed by atoms with Gasteiger partial charge >= 0.3 is 0 Å². The average Bonchev–Trinajstić information content (AvgIpc) is 2.51. The topological polar surface area (TPSA) is 33.2 Å². The van der Waals surface area contributed by atoms with Crippen molar-refractivity contribution in [1.29, 1.82) is 0 Å². The van der Waals surface area contributed by atoms with Crippen LogP contribution in [0.5, 0.6) is 0 Å². The third-order valence-electron chi connectivity index (χ3n) is 3.20. The molecule has 2 aromatic rings. The molecule has 0 N–H and O–H groups in total. The molecule has 1 heterocycles. The normalized spacial score (nSPS) is 10.4. The lowest BCUT2D eigenvalue weighted by Crippen LogP contribution is -2.33. The molecular formula is C16H16Cl2N2O. The maximum atomic E-state index is 12.5. The summed E-state index contributed by atoms with van der Waals surface area (Å²) in [6.45, 7) is 3.14. The van der Waals surface area contributed by atoms with E-state index in [-0.39, 0.29) is 16.8 Å². The molecule has 21 heavy (non-hydrogen) atoms. The molecule has 0 aliphatic carbocycles. The predicted molar refractivity (Wildman–Crippen MR) is 86.0 cm³/mol. The molecule has 3 nitrogen and oxygen atoms in total. The second-order valence-corrected chi connectivity index (χ2v) is 5.38. The van der Waals surface area contributed by atoms with Crippen molar-refractivity contribution in [3.63, 3.8) is 0 Å². The summed E-state index contributed by atoms with van der Waals surface area (Å²) in [5, 5.41) is 0.587. The monoisotopic (exact) mass is 322 g/mol. The number of hydrogen-bond acceptors (Lipinski definition) is 2. The molecular weight excluding hydrogens is 307 g/mol. The number of halogens is 2. The molecule has 2 rings (SSSR count). The summed E-state index contributed by atoms with van der Waals surface area (Å²) in [7, 11) is 0. The van der Waals surface area contributed by atoms with E-state index in [4.69, 9.17) is 23.2 Å². The van der Waals surface area contributed by atoms with Crippen LogP contribution in [0.15, 0.2) is 42.5 Å². The third-order valence-corrected chi connectivity index (χ3v) is 3.71. The molecule has 1 aromatic heterocycles. The van der Waals surface area contributed by atoms with Gasteiger partial charge in [0.25, 0.3) is 5.91 Å². The Kier molecular flexibility index (Phi) is 5.59. The smallest absolute Gasteiger partial charge is 0.274 e. The van der Waals surface area contributed by atoms with Gasteiger partial charge in [0.15, 0.2) is 0 Å². The van der Waals surface area contributed by atoms with Gasteiger partial charge in [-0.1, -0.05) is 53.5 Å². The molecule has 0 saturated heterocycles. The summed E-state index contributed by atoms with van der Waals surface area (Å²) in [6.07, 6.45) is 0.790. The van der Waals surface area contributed by atoms with Gasteiger partial charge in [-0.05, 0) is 31.0 Å². The fourth-order valence-corrected chi connectivity index (χ4v) is 2.36. The Balaban J connectivity index is 2.10. The van der Waals surface area contributed by atoms with E-state index in [9.17, 15) is 4.79 Å². The van der Waals surface area contributed by atoms with Gasteiger partial charge in [-0.3, -0.25) is 4.79 Å². The van der Waals surface area contributed by atoms with E-state index in [0.29, 0.717) is 18.1 Å². The molecule has 0 bridgehead atoms. The van der Waals surface area contributed by atoms with Crippen LogP contribution >= 0.6 is 23.2 Å². The minimum atomic E-state index is -0.194. The van der Waals surface area contributed by atoms with Gasteiger partial charge in [-0.2, -0.15) is 0 Å². The molecule has 0 saturated carbocycles. The van der Waals surface area contributed by atoms with Gasteiger partial charge < -0.3 is 4.90 Å². The highest BCUT2D eigenvalue weighted by Crippen LogP contribution is 2.18. The minimum absolute atomic E-state index is 0.194. The first-order valence-electron chi connectivity index (χ1n) is 6.77. The number of amides is 1. The molecule has 110 valence electrons. The average molecular weight is 323 g/mol. The molecule has 0 atom stereocenters. The van der Waals surface area contributed by atoms with Crippen molar-refractivity contribution >= 4 is 29.1 Å². The Morgan fingerprint density at radius 2 is 1.86 bits per heavy atom. The Labute approximate surface area is 134 Å². The summed E-state index contributed by atoms with van der Waals surface area (Å²) in [4.78, 5) is 18.2. The van der Waals surface area contributed by atoms with E-state index in [1.54, 1.807) is 17.0 Å². The zero-order valence-corrected chi connectivity index (χ0v) is 13.2. The zero-order valence-electron chi connectivity index (χ0n) is 11.7. The first-order chi connectivity index (χ1) is 10.1. The standard InChI is InChI=1S/C16H16Cl2N2O/c1-2-20(11-10-12-6-4-3-5-7-12)16(21)15-13(17)8-9-14(18)19-15/h3-9H,2,10-11H2,1H3. The number of aromatic nitrogens is 1. The Bertz CT molecular complexity index is 617. The van der Waals surface area contributed by atoms with Crippen LogP contribution < -0.4 is 0 Å². The minimum Gasteiger partial charge on any atom is -0.337 e. The van der Waals surface area contributed by atoms with Gasteiger partial charge in [0.05, 0.1) is 5.02 Å². The van der Waals surface area contributed by atoms with Crippen molar-refractivity contribution < 1.29 is 4.79 Å². The Morgan fingerprint density at radius 3 is 2.52 bits per heavy atom. The van der Waals surface area contributed by atoms with Gasteiger partial charge in [0.1, 0.15) is 10.8 Å². The van der Waals surface area contributed by atoms with Crippen molar-refractivity contribution in [3.05, 3.63) is 63.9 Å². The van der Waals surface area contributed by atoms with E-state index in [1.165, 1.54) is 5.56 Å². The van der Waals surface area contributed by atoms with E-state index >= 15 is 0 Å². The number of rotatable bonds is 5. The molecule has 5 heteroatoms. The van der Waals surface area contributed by atoms with Crippen molar-refractivity contribution in [1.82, 2.24) is 9.88 Å². The van der Waals surface area contributed by atoms with Crippen LogP contribution in [0.4, 0.5) is 0 Å². The van der Waals surface area contributed by atoms with Crippen molar-refractivity contribution in [2.24, 2.45) is 0 Å². The van der Waals surface area contributed by atoms with Gasteiger partial charge in [-0.25, -0.2) is 4.98 Å². The second-order valence-electron chi connectivity index (χ2n) is 4.58. The summed E-state index contributed by atoms with van der Waals surface area (Å²) in [6, 6.07) is 13.2. The predicted octanol–water partition coefficient (Wildman–Crippen LogP) is 4.09. The number of nitrogens with zero attached hydrogens (tertiary/aromatic N) is 2. The number of carbonyl (C=O) groups excluding carboxylic acids is 1. The van der Waals surface area contributed by atoms with Crippen LogP contribution in [0, 0.1) is 0 Å². The number of likely N-dealkylation sites (N-methyl/N-ethyl adjacent to an activating group) is 1. The van der Waals surface area contributed by atoms with Crippen molar-refractivity contribution in [2.45, 2.75) is 13.3 Å². The molecule has 0 fully saturated rings. The van der Waals surface area contributed by atoms with E-state index in [0.717, 1.165) is 6.42 Å².